The van der Waals surface area contributed by atoms with E-state index >= 15 is 0 Å². The van der Waals surface area contributed by atoms with E-state index < -0.39 is 23.7 Å². The molecule has 1 unspecified atom stereocenters. The van der Waals surface area contributed by atoms with Gasteiger partial charge < -0.3 is 14.6 Å². The van der Waals surface area contributed by atoms with Crippen molar-refractivity contribution >= 4 is 29.1 Å². The predicted molar refractivity (Wildman–Crippen MR) is 145 cm³/mol. The molecule has 38 heavy (non-hydrogen) atoms. The average Bonchev–Trinajstić information content (AvgIpc) is 3.17. The van der Waals surface area contributed by atoms with Crippen LogP contribution in [0.5, 0.6) is 5.75 Å². The number of carbonyl (C=O) groups is 3. The third-order valence-electron chi connectivity index (χ3n) is 6.78. The van der Waals surface area contributed by atoms with E-state index in [1.165, 1.54) is 18.1 Å². The maximum Gasteiger partial charge on any atom is 0.337 e. The fourth-order valence-electron chi connectivity index (χ4n) is 4.59. The number of benzene rings is 3. The Bertz CT molecular complexity index is 1450. The Morgan fingerprint density at radius 2 is 1.63 bits per heavy atom. The zero-order valence-corrected chi connectivity index (χ0v) is 22.4. The number of aliphatic hydroxyl groups excluding tert-OH is 1. The Morgan fingerprint density at radius 3 is 2.24 bits per heavy atom. The molecule has 7 nitrogen and oxygen atoms in total. The number of ketones is 1. The van der Waals surface area contributed by atoms with Crippen LogP contribution in [-0.4, -0.2) is 37.0 Å². The summed E-state index contributed by atoms with van der Waals surface area (Å²) >= 11 is 0. The first-order chi connectivity index (χ1) is 18.0. The molecule has 0 spiro atoms. The first kappa shape index (κ1) is 26.7. The summed E-state index contributed by atoms with van der Waals surface area (Å²) in [7, 11) is 2.82. The van der Waals surface area contributed by atoms with Crippen molar-refractivity contribution in [3.05, 3.63) is 100 Å². The zero-order valence-electron chi connectivity index (χ0n) is 22.4. The summed E-state index contributed by atoms with van der Waals surface area (Å²) in [6.45, 7) is 8.03. The van der Waals surface area contributed by atoms with Crippen LogP contribution < -0.4 is 9.64 Å². The van der Waals surface area contributed by atoms with Gasteiger partial charge in [0.15, 0.2) is 0 Å². The highest BCUT2D eigenvalue weighted by atomic mass is 16.5. The second-order valence-corrected chi connectivity index (χ2v) is 10.3. The highest BCUT2D eigenvalue weighted by molar-refractivity contribution is 6.51. The smallest absolute Gasteiger partial charge is 0.337 e. The molecule has 3 aromatic carbocycles. The summed E-state index contributed by atoms with van der Waals surface area (Å²) in [6.07, 6.45) is 0. The second-order valence-electron chi connectivity index (χ2n) is 10.3. The lowest BCUT2D eigenvalue weighted by atomic mass is 9.84. The van der Waals surface area contributed by atoms with Gasteiger partial charge in [0.1, 0.15) is 11.5 Å². The van der Waals surface area contributed by atoms with E-state index in [4.69, 9.17) is 9.47 Å². The van der Waals surface area contributed by atoms with Gasteiger partial charge in [-0.1, -0.05) is 51.1 Å². The number of carbonyl (C=O) groups excluding carboxylic acids is 3. The number of hydrogen-bond acceptors (Lipinski definition) is 6. The lowest BCUT2D eigenvalue weighted by Crippen LogP contribution is -2.29. The van der Waals surface area contributed by atoms with Gasteiger partial charge in [-0.25, -0.2) is 4.79 Å². The van der Waals surface area contributed by atoms with Crippen molar-refractivity contribution in [1.29, 1.82) is 0 Å². The van der Waals surface area contributed by atoms with E-state index in [1.807, 2.05) is 25.1 Å². The van der Waals surface area contributed by atoms with E-state index in [-0.39, 0.29) is 22.3 Å². The van der Waals surface area contributed by atoms with Crippen molar-refractivity contribution in [1.82, 2.24) is 0 Å². The van der Waals surface area contributed by atoms with Crippen LogP contribution in [0.4, 0.5) is 5.69 Å². The lowest BCUT2D eigenvalue weighted by molar-refractivity contribution is -0.132. The largest absolute Gasteiger partial charge is 0.507 e. The van der Waals surface area contributed by atoms with Crippen LogP contribution >= 0.6 is 0 Å². The van der Waals surface area contributed by atoms with Gasteiger partial charge in [-0.15, -0.1) is 0 Å². The predicted octanol–water partition coefficient (Wildman–Crippen LogP) is 5.71. The van der Waals surface area contributed by atoms with Crippen LogP contribution in [0, 0.1) is 6.92 Å². The normalized spacial score (nSPS) is 17.0. The Labute approximate surface area is 222 Å². The second kappa shape index (κ2) is 10.2. The first-order valence-corrected chi connectivity index (χ1v) is 12.2. The van der Waals surface area contributed by atoms with Crippen molar-refractivity contribution in [2.75, 3.05) is 19.1 Å². The third-order valence-corrected chi connectivity index (χ3v) is 6.78. The molecule has 7 heteroatoms. The van der Waals surface area contributed by atoms with E-state index in [0.29, 0.717) is 22.6 Å². The lowest BCUT2D eigenvalue weighted by Gasteiger charge is -2.26. The van der Waals surface area contributed by atoms with E-state index in [1.54, 1.807) is 49.6 Å². The monoisotopic (exact) mass is 513 g/mol. The topological polar surface area (TPSA) is 93.1 Å². The molecule has 1 amide bonds. The van der Waals surface area contributed by atoms with Crippen LogP contribution in [0.25, 0.3) is 5.76 Å². The van der Waals surface area contributed by atoms with Crippen molar-refractivity contribution in [3.63, 3.8) is 0 Å². The fraction of sp³-hybridized carbons (Fsp3) is 0.258. The number of methoxy groups -OCH3 is 2. The van der Waals surface area contributed by atoms with Gasteiger partial charge >= 0.3 is 5.97 Å². The standard InChI is InChI=1S/C31H31NO6/c1-18-10-13-21(31(2,3)4)17-24(18)27(33)25-26(19-11-14-23(37-5)15-12-19)32(29(35)28(25)34)22-9-7-8-20(16-22)30(36)38-6/h7-17,26,33H,1-6H3/b27-25+. The summed E-state index contributed by atoms with van der Waals surface area (Å²) in [5.74, 6) is -1.84. The molecule has 4 rings (SSSR count). The summed E-state index contributed by atoms with van der Waals surface area (Å²) < 4.78 is 10.1. The summed E-state index contributed by atoms with van der Waals surface area (Å²) in [4.78, 5) is 40.6. The molecule has 1 atom stereocenters. The Kier molecular flexibility index (Phi) is 7.14. The number of aliphatic hydroxyl groups is 1. The Morgan fingerprint density at radius 1 is 0.947 bits per heavy atom. The summed E-state index contributed by atoms with van der Waals surface area (Å²) in [5, 5.41) is 11.6. The number of anilines is 1. The highest BCUT2D eigenvalue weighted by Gasteiger charge is 2.47. The molecule has 3 aromatic rings. The molecular weight excluding hydrogens is 482 g/mol. The molecule has 0 radical (unpaired) electrons. The summed E-state index contributed by atoms with van der Waals surface area (Å²) in [5.41, 5.74) is 3.16. The minimum absolute atomic E-state index is 0.0298. The number of hydrogen-bond donors (Lipinski definition) is 1. The average molecular weight is 514 g/mol. The number of esters is 1. The fourth-order valence-corrected chi connectivity index (χ4v) is 4.59. The molecule has 1 fully saturated rings. The Hall–Kier alpha value is -4.39. The molecule has 1 saturated heterocycles. The zero-order chi connectivity index (χ0) is 27.8. The van der Waals surface area contributed by atoms with Crippen molar-refractivity contribution < 1.29 is 29.0 Å². The van der Waals surface area contributed by atoms with Gasteiger partial charge in [-0.2, -0.15) is 0 Å². The maximum absolute atomic E-state index is 13.6. The van der Waals surface area contributed by atoms with Crippen molar-refractivity contribution in [3.8, 4) is 5.75 Å². The molecule has 1 N–H and O–H groups in total. The van der Waals surface area contributed by atoms with Crippen LogP contribution in [0.3, 0.4) is 0 Å². The molecule has 0 saturated carbocycles. The van der Waals surface area contributed by atoms with E-state index in [0.717, 1.165) is 11.1 Å². The van der Waals surface area contributed by atoms with Gasteiger partial charge in [0.25, 0.3) is 11.7 Å². The number of aryl methyl sites for hydroxylation is 1. The van der Waals surface area contributed by atoms with Crippen molar-refractivity contribution in [2.24, 2.45) is 0 Å². The highest BCUT2D eigenvalue weighted by Crippen LogP contribution is 2.43. The summed E-state index contributed by atoms with van der Waals surface area (Å²) in [6, 6.07) is 18.1. The van der Waals surface area contributed by atoms with Gasteiger partial charge in [-0.05, 0) is 65.4 Å². The molecule has 0 bridgehead atoms. The number of Topliss-reactive ketones (excluding diaryl/α,β-unsaturated/α-hetero) is 1. The number of nitrogens with zero attached hydrogens (tertiary/aromatic N) is 1. The number of ether oxygens (including phenoxy) is 2. The van der Waals surface area contributed by atoms with Gasteiger partial charge in [0.05, 0.1) is 31.4 Å². The maximum atomic E-state index is 13.6. The van der Waals surface area contributed by atoms with Crippen LogP contribution in [0.1, 0.15) is 59.4 Å². The first-order valence-electron chi connectivity index (χ1n) is 12.2. The van der Waals surface area contributed by atoms with Crippen LogP contribution in [0.2, 0.25) is 0 Å². The molecule has 1 heterocycles. The molecular formula is C31H31NO6. The minimum Gasteiger partial charge on any atom is -0.507 e. The van der Waals surface area contributed by atoms with E-state index in [2.05, 4.69) is 20.8 Å². The molecule has 0 aliphatic carbocycles. The van der Waals surface area contributed by atoms with Gasteiger partial charge in [0, 0.05) is 11.3 Å². The molecule has 1 aliphatic rings. The SMILES string of the molecule is COC(=O)c1cccc(N2C(=O)C(=O)/C(=C(/O)c3cc(C(C)(C)C)ccc3C)C2c2ccc(OC)cc2)c1. The third kappa shape index (κ3) is 4.79. The van der Waals surface area contributed by atoms with Crippen LogP contribution in [0.15, 0.2) is 72.3 Å². The Balaban J connectivity index is 1.97. The number of rotatable bonds is 5. The van der Waals surface area contributed by atoms with E-state index in [9.17, 15) is 19.5 Å². The van der Waals surface area contributed by atoms with Gasteiger partial charge in [0.2, 0.25) is 0 Å². The quantitative estimate of drug-likeness (QED) is 0.203. The van der Waals surface area contributed by atoms with Crippen LogP contribution in [-0.2, 0) is 19.7 Å². The molecule has 0 aromatic heterocycles. The van der Waals surface area contributed by atoms with Crippen molar-refractivity contribution in [2.45, 2.75) is 39.2 Å². The number of amides is 1. The minimum atomic E-state index is -0.938. The van der Waals surface area contributed by atoms with Gasteiger partial charge in [-0.3, -0.25) is 14.5 Å². The molecule has 196 valence electrons. The molecule has 1 aliphatic heterocycles.